The predicted molar refractivity (Wildman–Crippen MR) is 51.1 cm³/mol. The molecule has 2 nitrogen and oxygen atoms in total. The number of halogens is 3. The van der Waals surface area contributed by atoms with Crippen molar-refractivity contribution in [2.24, 2.45) is 5.41 Å². The molecule has 0 saturated carbocycles. The second-order valence-corrected chi connectivity index (χ2v) is 4.58. The van der Waals surface area contributed by atoms with E-state index in [1.165, 1.54) is 6.07 Å². The number of nitrogens with zero attached hydrogens (tertiary/aromatic N) is 1. The van der Waals surface area contributed by atoms with Crippen LogP contribution < -0.4 is 0 Å². The van der Waals surface area contributed by atoms with E-state index >= 15 is 0 Å². The number of ketones is 1. The number of pyridine rings is 1. The fourth-order valence-electron chi connectivity index (χ4n) is 1.86. The number of hydrogen-bond donors (Lipinski definition) is 0. The van der Waals surface area contributed by atoms with Gasteiger partial charge in [0.15, 0.2) is 5.78 Å². The number of hydrogen-bond acceptors (Lipinski definition) is 2. The van der Waals surface area contributed by atoms with Crippen molar-refractivity contribution in [1.82, 2.24) is 4.98 Å². The van der Waals surface area contributed by atoms with E-state index in [1.807, 2.05) is 0 Å². The number of Topliss-reactive ketones (excluding diaryl/α,β-unsaturated/α-hetero) is 1. The molecule has 0 amide bonds. The highest BCUT2D eigenvalue weighted by Crippen LogP contribution is 2.37. The molecule has 0 fully saturated rings. The predicted octanol–water partition coefficient (Wildman–Crippen LogP) is 2.87. The van der Waals surface area contributed by atoms with Gasteiger partial charge in [-0.3, -0.25) is 4.79 Å². The summed E-state index contributed by atoms with van der Waals surface area (Å²) in [5, 5.41) is 0. The number of fused-ring (bicyclic) bond motifs is 1. The normalized spacial score (nSPS) is 18.7. The highest BCUT2D eigenvalue weighted by atomic mass is 19.4. The van der Waals surface area contributed by atoms with Crippen LogP contribution in [0.3, 0.4) is 0 Å². The van der Waals surface area contributed by atoms with Gasteiger partial charge in [-0.05, 0) is 12.1 Å². The average molecular weight is 229 g/mol. The molecule has 1 heterocycles. The average Bonchev–Trinajstić information content (AvgIpc) is 2.36. The zero-order chi connectivity index (χ0) is 12.1. The molecule has 0 saturated heterocycles. The molecular weight excluding hydrogens is 219 g/mol. The Morgan fingerprint density at radius 1 is 1.31 bits per heavy atom. The maximum atomic E-state index is 12.4. The second-order valence-electron chi connectivity index (χ2n) is 4.58. The Labute approximate surface area is 90.5 Å². The van der Waals surface area contributed by atoms with Crippen LogP contribution in [0.5, 0.6) is 0 Å². The summed E-state index contributed by atoms with van der Waals surface area (Å²) in [6.07, 6.45) is -4.18. The van der Waals surface area contributed by atoms with Gasteiger partial charge in [-0.15, -0.1) is 0 Å². The van der Waals surface area contributed by atoms with Crippen LogP contribution >= 0.6 is 0 Å². The Morgan fingerprint density at radius 3 is 2.50 bits per heavy atom. The molecule has 0 atom stereocenters. The zero-order valence-corrected chi connectivity index (χ0v) is 8.85. The van der Waals surface area contributed by atoms with Gasteiger partial charge >= 0.3 is 6.18 Å². The summed E-state index contributed by atoms with van der Waals surface area (Å²) in [5.74, 6) is -0.135. The number of carbonyl (C=O) groups is 1. The third-order valence-corrected chi connectivity index (χ3v) is 2.73. The Kier molecular flexibility index (Phi) is 2.12. The van der Waals surface area contributed by atoms with Crippen molar-refractivity contribution in [2.75, 3.05) is 0 Å². The second kappa shape index (κ2) is 3.06. The quantitative estimate of drug-likeness (QED) is 0.684. The summed E-state index contributed by atoms with van der Waals surface area (Å²) in [7, 11) is 0. The first-order valence-electron chi connectivity index (χ1n) is 4.84. The van der Waals surface area contributed by atoms with Crippen LogP contribution in [0, 0.1) is 5.41 Å². The number of aromatic nitrogens is 1. The van der Waals surface area contributed by atoms with Gasteiger partial charge in [0.25, 0.3) is 0 Å². The van der Waals surface area contributed by atoms with Crippen molar-refractivity contribution >= 4 is 5.78 Å². The molecule has 1 aliphatic carbocycles. The van der Waals surface area contributed by atoms with Crippen molar-refractivity contribution in [1.29, 1.82) is 0 Å². The van der Waals surface area contributed by atoms with Gasteiger partial charge in [0.05, 0.1) is 5.69 Å². The van der Waals surface area contributed by atoms with Gasteiger partial charge in [0, 0.05) is 17.4 Å². The topological polar surface area (TPSA) is 30.0 Å². The van der Waals surface area contributed by atoms with Crippen LogP contribution in [0.15, 0.2) is 12.1 Å². The van der Waals surface area contributed by atoms with Gasteiger partial charge in [-0.2, -0.15) is 13.2 Å². The minimum atomic E-state index is -4.45. The van der Waals surface area contributed by atoms with E-state index in [9.17, 15) is 18.0 Å². The molecule has 5 heteroatoms. The lowest BCUT2D eigenvalue weighted by atomic mass is 9.89. The number of alkyl halides is 3. The van der Waals surface area contributed by atoms with Gasteiger partial charge in [0.1, 0.15) is 5.69 Å². The van der Waals surface area contributed by atoms with E-state index in [-0.39, 0.29) is 17.9 Å². The van der Waals surface area contributed by atoms with Crippen molar-refractivity contribution < 1.29 is 18.0 Å². The van der Waals surface area contributed by atoms with E-state index in [0.29, 0.717) is 5.56 Å². The summed E-state index contributed by atoms with van der Waals surface area (Å²) in [5.41, 5.74) is -1.00. The lowest BCUT2D eigenvalue weighted by Crippen LogP contribution is -2.18. The Balaban J connectivity index is 2.50. The fourth-order valence-corrected chi connectivity index (χ4v) is 1.86. The monoisotopic (exact) mass is 229 g/mol. The van der Waals surface area contributed by atoms with Crippen molar-refractivity contribution in [3.63, 3.8) is 0 Å². The summed E-state index contributed by atoms with van der Waals surface area (Å²) in [4.78, 5) is 15.3. The SMILES string of the molecule is CC1(C)Cc2nc(C(F)(F)F)ccc2C1=O. The van der Waals surface area contributed by atoms with Crippen molar-refractivity contribution in [2.45, 2.75) is 26.4 Å². The lowest BCUT2D eigenvalue weighted by molar-refractivity contribution is -0.141. The lowest BCUT2D eigenvalue weighted by Gasteiger charge is -2.12. The standard InChI is InChI=1S/C11H10F3NO/c1-10(2)5-7-6(9(10)16)3-4-8(15-7)11(12,13)14/h3-4H,5H2,1-2H3. The van der Waals surface area contributed by atoms with Crippen LogP contribution in [0.25, 0.3) is 0 Å². The number of rotatable bonds is 0. The Hall–Kier alpha value is -1.39. The minimum Gasteiger partial charge on any atom is -0.293 e. The molecule has 16 heavy (non-hydrogen) atoms. The molecule has 0 unspecified atom stereocenters. The molecule has 0 bridgehead atoms. The van der Waals surface area contributed by atoms with Crippen LogP contribution in [-0.2, 0) is 12.6 Å². The smallest absolute Gasteiger partial charge is 0.293 e. The van der Waals surface area contributed by atoms with Gasteiger partial charge in [-0.1, -0.05) is 13.8 Å². The molecule has 2 rings (SSSR count). The van der Waals surface area contributed by atoms with Crippen LogP contribution in [0.4, 0.5) is 13.2 Å². The van der Waals surface area contributed by atoms with Crippen LogP contribution in [0.1, 0.15) is 35.6 Å². The highest BCUT2D eigenvalue weighted by molar-refractivity contribution is 6.03. The van der Waals surface area contributed by atoms with E-state index in [0.717, 1.165) is 6.07 Å². The maximum absolute atomic E-state index is 12.4. The largest absolute Gasteiger partial charge is 0.433 e. The van der Waals surface area contributed by atoms with E-state index in [1.54, 1.807) is 13.8 Å². The molecule has 0 spiro atoms. The molecule has 0 aliphatic heterocycles. The first kappa shape index (κ1) is 11.1. The van der Waals surface area contributed by atoms with E-state index < -0.39 is 17.3 Å². The molecule has 1 aliphatic rings. The first-order valence-corrected chi connectivity index (χ1v) is 4.84. The third-order valence-electron chi connectivity index (χ3n) is 2.73. The number of carbonyl (C=O) groups excluding carboxylic acids is 1. The van der Waals surface area contributed by atoms with Gasteiger partial charge in [0.2, 0.25) is 0 Å². The summed E-state index contributed by atoms with van der Waals surface area (Å²) in [6.45, 7) is 3.43. The third kappa shape index (κ3) is 1.60. The van der Waals surface area contributed by atoms with Gasteiger partial charge < -0.3 is 0 Å². The fraction of sp³-hybridized carbons (Fsp3) is 0.455. The summed E-state index contributed by atoms with van der Waals surface area (Å²) in [6, 6.07) is 2.08. The molecule has 0 aromatic carbocycles. The van der Waals surface area contributed by atoms with Crippen LogP contribution in [0.2, 0.25) is 0 Å². The van der Waals surface area contributed by atoms with Gasteiger partial charge in [-0.25, -0.2) is 4.98 Å². The minimum absolute atomic E-state index is 0.135. The van der Waals surface area contributed by atoms with Crippen LogP contribution in [-0.4, -0.2) is 10.8 Å². The zero-order valence-electron chi connectivity index (χ0n) is 8.85. The molecule has 1 aromatic rings. The maximum Gasteiger partial charge on any atom is 0.433 e. The first-order chi connectivity index (χ1) is 7.22. The highest BCUT2D eigenvalue weighted by Gasteiger charge is 2.41. The van der Waals surface area contributed by atoms with Crippen molar-refractivity contribution in [3.05, 3.63) is 29.1 Å². The summed E-state index contributed by atoms with van der Waals surface area (Å²) >= 11 is 0. The molecule has 1 aromatic heterocycles. The van der Waals surface area contributed by atoms with E-state index in [4.69, 9.17) is 0 Å². The molecule has 0 radical (unpaired) electrons. The Morgan fingerprint density at radius 2 is 1.94 bits per heavy atom. The Bertz CT molecular complexity index is 463. The molecule has 86 valence electrons. The molecular formula is C11H10F3NO. The van der Waals surface area contributed by atoms with E-state index in [2.05, 4.69) is 4.98 Å². The summed E-state index contributed by atoms with van der Waals surface area (Å²) < 4.78 is 37.2. The van der Waals surface area contributed by atoms with Crippen molar-refractivity contribution in [3.8, 4) is 0 Å². The molecule has 0 N–H and O–H groups in total.